The Morgan fingerprint density at radius 2 is 2.11 bits per heavy atom. The number of aromatic nitrogens is 3. The van der Waals surface area contributed by atoms with Crippen LogP contribution in [-0.4, -0.2) is 14.5 Å². The van der Waals surface area contributed by atoms with Crippen LogP contribution in [0.1, 0.15) is 27.7 Å². The van der Waals surface area contributed by atoms with Crippen molar-refractivity contribution < 1.29 is 0 Å². The highest BCUT2D eigenvalue weighted by Gasteiger charge is 2.21. The Bertz CT molecular complexity index is 551. The van der Waals surface area contributed by atoms with Gasteiger partial charge in [0, 0.05) is 18.3 Å². The third-order valence-electron chi connectivity index (χ3n) is 3.78. The van der Waals surface area contributed by atoms with Crippen molar-refractivity contribution in [2.75, 3.05) is 5.73 Å². The van der Waals surface area contributed by atoms with Crippen molar-refractivity contribution >= 4 is 5.82 Å². The molecule has 2 N–H and O–H groups in total. The number of nitrogen functional groups attached to an aromatic ring is 1. The molecule has 0 amide bonds. The molecule has 0 radical (unpaired) electrons. The van der Waals surface area contributed by atoms with E-state index in [-0.39, 0.29) is 5.41 Å². The monoisotopic (exact) mass is 258 g/mol. The zero-order chi connectivity index (χ0) is 14.0. The molecule has 19 heavy (non-hydrogen) atoms. The van der Waals surface area contributed by atoms with Crippen molar-refractivity contribution in [1.29, 1.82) is 0 Å². The van der Waals surface area contributed by atoms with Gasteiger partial charge in [0.25, 0.3) is 0 Å². The molecule has 102 valence electrons. The molecule has 0 aliphatic heterocycles. The smallest absolute Gasteiger partial charge is 0.132 e. The van der Waals surface area contributed by atoms with E-state index in [1.54, 1.807) is 6.20 Å². The summed E-state index contributed by atoms with van der Waals surface area (Å²) in [4.78, 5) is 8.40. The normalized spacial score (nSPS) is 13.5. The van der Waals surface area contributed by atoms with Crippen LogP contribution in [0.25, 0.3) is 11.3 Å². The fourth-order valence-corrected chi connectivity index (χ4v) is 1.89. The molecular weight excluding hydrogens is 236 g/mol. The second kappa shape index (κ2) is 5.03. The van der Waals surface area contributed by atoms with Crippen LogP contribution in [0, 0.1) is 11.3 Å². The van der Waals surface area contributed by atoms with Gasteiger partial charge in [-0.05, 0) is 23.5 Å². The molecule has 0 aliphatic rings. The number of nitrogens with zero attached hydrogens (tertiary/aromatic N) is 3. The average Bonchev–Trinajstić information content (AvgIpc) is 2.76. The first-order valence-corrected chi connectivity index (χ1v) is 6.60. The van der Waals surface area contributed by atoms with Crippen LogP contribution in [0.4, 0.5) is 5.82 Å². The molecule has 0 saturated heterocycles. The Hall–Kier alpha value is -1.84. The molecule has 4 nitrogen and oxygen atoms in total. The third-order valence-corrected chi connectivity index (χ3v) is 3.78. The zero-order valence-electron chi connectivity index (χ0n) is 12.1. The Kier molecular flexibility index (Phi) is 3.60. The van der Waals surface area contributed by atoms with E-state index >= 15 is 0 Å². The molecule has 0 saturated carbocycles. The lowest BCUT2D eigenvalue weighted by molar-refractivity contribution is 0.233. The summed E-state index contributed by atoms with van der Waals surface area (Å²) in [5, 5.41) is 0. The molecule has 1 atom stereocenters. The van der Waals surface area contributed by atoms with Crippen LogP contribution in [0.5, 0.6) is 0 Å². The van der Waals surface area contributed by atoms with Gasteiger partial charge in [0.05, 0.1) is 18.2 Å². The van der Waals surface area contributed by atoms with Gasteiger partial charge in [-0.3, -0.25) is 0 Å². The van der Waals surface area contributed by atoms with Crippen molar-refractivity contribution in [1.82, 2.24) is 14.5 Å². The molecule has 2 aromatic heterocycles. The molecule has 2 rings (SSSR count). The first-order valence-electron chi connectivity index (χ1n) is 6.60. The number of imidazole rings is 1. The number of anilines is 1. The minimum atomic E-state index is 0.266. The van der Waals surface area contributed by atoms with E-state index in [1.165, 1.54) is 0 Å². The second-order valence-electron chi connectivity index (χ2n) is 6.13. The van der Waals surface area contributed by atoms with Crippen molar-refractivity contribution in [2.45, 2.75) is 34.2 Å². The summed E-state index contributed by atoms with van der Waals surface area (Å²) in [6.45, 7) is 9.95. The Labute approximate surface area is 114 Å². The van der Waals surface area contributed by atoms with E-state index in [4.69, 9.17) is 5.73 Å². The zero-order valence-corrected chi connectivity index (χ0v) is 12.1. The van der Waals surface area contributed by atoms with E-state index in [2.05, 4.69) is 42.2 Å². The summed E-state index contributed by atoms with van der Waals surface area (Å²) in [6, 6.07) is 3.88. The van der Waals surface area contributed by atoms with Gasteiger partial charge < -0.3 is 10.3 Å². The number of hydrogen-bond acceptors (Lipinski definition) is 3. The summed E-state index contributed by atoms with van der Waals surface area (Å²) in [5.74, 6) is 1.09. The molecule has 4 heteroatoms. The quantitative estimate of drug-likeness (QED) is 0.919. The molecule has 0 spiro atoms. The van der Waals surface area contributed by atoms with E-state index < -0.39 is 0 Å². The van der Waals surface area contributed by atoms with Crippen molar-refractivity contribution in [3.63, 3.8) is 0 Å². The molecule has 2 heterocycles. The van der Waals surface area contributed by atoms with Gasteiger partial charge in [0.2, 0.25) is 0 Å². The minimum Gasteiger partial charge on any atom is -0.383 e. The topological polar surface area (TPSA) is 56.7 Å². The maximum atomic E-state index is 5.95. The second-order valence-corrected chi connectivity index (χ2v) is 6.13. The third kappa shape index (κ3) is 2.95. The number of rotatable bonds is 3. The summed E-state index contributed by atoms with van der Waals surface area (Å²) >= 11 is 0. The lowest BCUT2D eigenvalue weighted by Crippen LogP contribution is -2.22. The summed E-state index contributed by atoms with van der Waals surface area (Å²) in [6.07, 6.45) is 5.42. The van der Waals surface area contributed by atoms with Crippen molar-refractivity contribution in [2.24, 2.45) is 11.3 Å². The van der Waals surface area contributed by atoms with Gasteiger partial charge >= 0.3 is 0 Å². The Morgan fingerprint density at radius 3 is 2.74 bits per heavy atom. The van der Waals surface area contributed by atoms with Gasteiger partial charge in [0.15, 0.2) is 0 Å². The minimum absolute atomic E-state index is 0.266. The van der Waals surface area contributed by atoms with E-state index in [0.29, 0.717) is 11.7 Å². The lowest BCUT2D eigenvalue weighted by atomic mass is 9.82. The first kappa shape index (κ1) is 13.6. The van der Waals surface area contributed by atoms with Crippen molar-refractivity contribution in [3.05, 3.63) is 30.9 Å². The molecule has 0 aliphatic carbocycles. The fraction of sp³-hybridized carbons (Fsp3) is 0.467. The lowest BCUT2D eigenvalue weighted by Gasteiger charge is -2.28. The van der Waals surface area contributed by atoms with Gasteiger partial charge in [-0.1, -0.05) is 27.7 Å². The van der Waals surface area contributed by atoms with Crippen LogP contribution in [0.3, 0.4) is 0 Å². The maximum absolute atomic E-state index is 5.95. The molecule has 1 unspecified atom stereocenters. The molecule has 0 aromatic carbocycles. The van der Waals surface area contributed by atoms with Gasteiger partial charge in [-0.15, -0.1) is 0 Å². The summed E-state index contributed by atoms with van der Waals surface area (Å²) in [7, 11) is 0. The number of nitrogens with two attached hydrogens (primary N) is 1. The van der Waals surface area contributed by atoms with E-state index in [0.717, 1.165) is 17.8 Å². The Morgan fingerprint density at radius 1 is 1.37 bits per heavy atom. The van der Waals surface area contributed by atoms with Gasteiger partial charge in [0.1, 0.15) is 5.82 Å². The standard InChI is InChI=1S/C15H22N4/c1-11(15(2,3)4)9-19-10-17-8-13(19)12-6-5-7-18-14(12)16/h5-8,10-11H,9H2,1-4H3,(H2,16,18). The van der Waals surface area contributed by atoms with Crippen LogP contribution in [-0.2, 0) is 6.54 Å². The highest BCUT2D eigenvalue weighted by atomic mass is 15.1. The SMILES string of the molecule is CC(Cn1cncc1-c1cccnc1N)C(C)(C)C. The number of pyridine rings is 1. The molecule has 0 fully saturated rings. The molecule has 0 bridgehead atoms. The van der Waals surface area contributed by atoms with Crippen LogP contribution in [0.15, 0.2) is 30.9 Å². The summed E-state index contributed by atoms with van der Waals surface area (Å²) < 4.78 is 2.16. The van der Waals surface area contributed by atoms with E-state index in [9.17, 15) is 0 Å². The van der Waals surface area contributed by atoms with Crippen LogP contribution >= 0.6 is 0 Å². The predicted octanol–water partition coefficient (Wildman–Crippen LogP) is 3.21. The molecular formula is C15H22N4. The maximum Gasteiger partial charge on any atom is 0.132 e. The summed E-state index contributed by atoms with van der Waals surface area (Å²) in [5.41, 5.74) is 8.19. The number of hydrogen-bond donors (Lipinski definition) is 1. The molecule has 2 aromatic rings. The fourth-order valence-electron chi connectivity index (χ4n) is 1.89. The average molecular weight is 258 g/mol. The Balaban J connectivity index is 2.31. The van der Waals surface area contributed by atoms with Crippen LogP contribution in [0.2, 0.25) is 0 Å². The first-order chi connectivity index (χ1) is 8.89. The van der Waals surface area contributed by atoms with Crippen molar-refractivity contribution in [3.8, 4) is 11.3 Å². The van der Waals surface area contributed by atoms with Gasteiger partial charge in [-0.25, -0.2) is 9.97 Å². The van der Waals surface area contributed by atoms with E-state index in [1.807, 2.05) is 24.7 Å². The van der Waals surface area contributed by atoms with Gasteiger partial charge in [-0.2, -0.15) is 0 Å². The largest absolute Gasteiger partial charge is 0.383 e. The highest BCUT2D eigenvalue weighted by Crippen LogP contribution is 2.29. The van der Waals surface area contributed by atoms with Crippen LogP contribution < -0.4 is 5.73 Å². The predicted molar refractivity (Wildman–Crippen MR) is 78.5 cm³/mol. The highest BCUT2D eigenvalue weighted by molar-refractivity contribution is 5.70.